The van der Waals surface area contributed by atoms with Crippen LogP contribution in [0.4, 0.5) is 5.69 Å². The summed E-state index contributed by atoms with van der Waals surface area (Å²) in [6, 6.07) is 21.4. The molecule has 0 fully saturated rings. The van der Waals surface area contributed by atoms with Crippen LogP contribution in [0.25, 0.3) is 0 Å². The number of methoxy groups -OCH3 is 1. The van der Waals surface area contributed by atoms with Gasteiger partial charge in [0.15, 0.2) is 5.75 Å². The zero-order chi connectivity index (χ0) is 20.6. The fourth-order valence-electron chi connectivity index (χ4n) is 2.80. The molecular formula is C23H21NO5. The van der Waals surface area contributed by atoms with Gasteiger partial charge in [0.05, 0.1) is 18.4 Å². The van der Waals surface area contributed by atoms with E-state index in [2.05, 4.69) is 5.32 Å². The van der Waals surface area contributed by atoms with Crippen molar-refractivity contribution in [1.29, 1.82) is 0 Å². The number of rotatable bonds is 7. The Morgan fingerprint density at radius 2 is 1.59 bits per heavy atom. The molecule has 6 heteroatoms. The number of esters is 2. The maximum atomic E-state index is 12.4. The summed E-state index contributed by atoms with van der Waals surface area (Å²) in [7, 11) is 1.31. The van der Waals surface area contributed by atoms with Crippen molar-refractivity contribution in [2.45, 2.75) is 12.5 Å². The molecule has 1 unspecified atom stereocenters. The number of hydrogen-bond acceptors (Lipinski definition) is 6. The fourth-order valence-corrected chi connectivity index (χ4v) is 2.80. The number of nitrogens with one attached hydrogen (secondary N) is 1. The highest BCUT2D eigenvalue weighted by Crippen LogP contribution is 2.26. The third-order valence-corrected chi connectivity index (χ3v) is 4.29. The number of hydrogen-bond donors (Lipinski definition) is 2. The molecule has 0 saturated heterocycles. The molecule has 0 aromatic heterocycles. The molecule has 1 atom stereocenters. The van der Waals surface area contributed by atoms with E-state index in [0.29, 0.717) is 23.4 Å². The molecule has 3 aromatic carbocycles. The van der Waals surface area contributed by atoms with Gasteiger partial charge in [0.25, 0.3) is 0 Å². The molecule has 0 aliphatic carbocycles. The Kier molecular flexibility index (Phi) is 6.47. The molecule has 3 rings (SSSR count). The number of ether oxygens (including phenoxy) is 2. The number of para-hydroxylation sites is 2. The van der Waals surface area contributed by atoms with Crippen molar-refractivity contribution in [3.8, 4) is 11.5 Å². The van der Waals surface area contributed by atoms with Gasteiger partial charge >= 0.3 is 11.9 Å². The lowest BCUT2D eigenvalue weighted by atomic mass is 10.1. The summed E-state index contributed by atoms with van der Waals surface area (Å²) < 4.78 is 10.4. The van der Waals surface area contributed by atoms with Crippen LogP contribution >= 0.6 is 0 Å². The van der Waals surface area contributed by atoms with E-state index in [1.807, 2.05) is 6.07 Å². The van der Waals surface area contributed by atoms with Crippen molar-refractivity contribution in [1.82, 2.24) is 0 Å². The first kappa shape index (κ1) is 19.9. The van der Waals surface area contributed by atoms with Gasteiger partial charge in [-0.25, -0.2) is 9.59 Å². The molecule has 0 heterocycles. The molecule has 148 valence electrons. The molecule has 3 aromatic rings. The second kappa shape index (κ2) is 9.41. The number of carbonyl (C=O) groups is 2. The van der Waals surface area contributed by atoms with E-state index in [9.17, 15) is 14.7 Å². The summed E-state index contributed by atoms with van der Waals surface area (Å²) in [5.74, 6) is -0.495. The van der Waals surface area contributed by atoms with Gasteiger partial charge in [-0.15, -0.1) is 0 Å². The number of phenolic OH excluding ortho intramolecular Hbond substituents is 1. The summed E-state index contributed by atoms with van der Waals surface area (Å²) in [6.45, 7) is 0. The lowest BCUT2D eigenvalue weighted by Crippen LogP contribution is -2.33. The van der Waals surface area contributed by atoms with E-state index in [1.54, 1.807) is 72.8 Å². The molecule has 29 heavy (non-hydrogen) atoms. The average Bonchev–Trinajstić information content (AvgIpc) is 2.76. The molecule has 2 N–H and O–H groups in total. The van der Waals surface area contributed by atoms with Gasteiger partial charge in [-0.1, -0.05) is 42.5 Å². The van der Waals surface area contributed by atoms with Gasteiger partial charge < -0.3 is 19.9 Å². The zero-order valence-electron chi connectivity index (χ0n) is 15.9. The van der Waals surface area contributed by atoms with Gasteiger partial charge in [0, 0.05) is 6.42 Å². The molecule has 0 aliphatic heterocycles. The Morgan fingerprint density at radius 3 is 2.28 bits per heavy atom. The largest absolute Gasteiger partial charge is 0.508 e. The highest BCUT2D eigenvalue weighted by Gasteiger charge is 2.22. The van der Waals surface area contributed by atoms with E-state index >= 15 is 0 Å². The van der Waals surface area contributed by atoms with Crippen LogP contribution in [-0.2, 0) is 16.0 Å². The predicted molar refractivity (Wildman–Crippen MR) is 109 cm³/mol. The number of anilines is 1. The zero-order valence-corrected chi connectivity index (χ0v) is 15.9. The van der Waals surface area contributed by atoms with Gasteiger partial charge in [0.1, 0.15) is 11.8 Å². The minimum atomic E-state index is -0.707. The number of carbonyl (C=O) groups excluding carboxylic acids is 2. The van der Waals surface area contributed by atoms with Crippen LogP contribution in [0.5, 0.6) is 11.5 Å². The standard InChI is InChI=1S/C23H21NO5/c1-28-23(27)20(15-16-11-13-18(25)14-12-16)24-19-9-5-6-10-21(19)29-22(26)17-7-3-2-4-8-17/h2-14,20,24-25H,15H2,1H3. The van der Waals surface area contributed by atoms with Gasteiger partial charge in [0.2, 0.25) is 0 Å². The van der Waals surface area contributed by atoms with Crippen molar-refractivity contribution in [3.05, 3.63) is 90.0 Å². The smallest absolute Gasteiger partial charge is 0.343 e. The second-order valence-corrected chi connectivity index (χ2v) is 6.34. The van der Waals surface area contributed by atoms with E-state index < -0.39 is 18.0 Å². The molecule has 0 amide bonds. The summed E-state index contributed by atoms with van der Waals surface area (Å²) in [6.07, 6.45) is 0.327. The molecule has 0 saturated carbocycles. The average molecular weight is 391 g/mol. The maximum Gasteiger partial charge on any atom is 0.343 e. The van der Waals surface area contributed by atoms with Crippen LogP contribution in [0.2, 0.25) is 0 Å². The van der Waals surface area contributed by atoms with Crippen LogP contribution in [0, 0.1) is 0 Å². The summed E-state index contributed by atoms with van der Waals surface area (Å²) in [4.78, 5) is 24.7. The lowest BCUT2D eigenvalue weighted by Gasteiger charge is -2.19. The Labute approximate surface area is 168 Å². The highest BCUT2D eigenvalue weighted by molar-refractivity contribution is 5.92. The first-order valence-corrected chi connectivity index (χ1v) is 9.05. The molecule has 0 radical (unpaired) electrons. The van der Waals surface area contributed by atoms with Crippen LogP contribution < -0.4 is 10.1 Å². The van der Waals surface area contributed by atoms with Crippen LogP contribution in [-0.4, -0.2) is 30.2 Å². The maximum absolute atomic E-state index is 12.4. The Balaban J connectivity index is 1.80. The van der Waals surface area contributed by atoms with Crippen molar-refractivity contribution in [2.75, 3.05) is 12.4 Å². The molecule has 0 bridgehead atoms. The van der Waals surface area contributed by atoms with Crippen LogP contribution in [0.1, 0.15) is 15.9 Å². The number of aromatic hydroxyl groups is 1. The normalized spacial score (nSPS) is 11.3. The van der Waals surface area contributed by atoms with Crippen molar-refractivity contribution in [3.63, 3.8) is 0 Å². The first-order valence-electron chi connectivity index (χ1n) is 9.05. The van der Waals surface area contributed by atoms with Gasteiger partial charge in [-0.3, -0.25) is 0 Å². The quantitative estimate of drug-likeness (QED) is 0.471. The monoisotopic (exact) mass is 391 g/mol. The van der Waals surface area contributed by atoms with Crippen LogP contribution in [0.3, 0.4) is 0 Å². The second-order valence-electron chi connectivity index (χ2n) is 6.34. The van der Waals surface area contributed by atoms with Crippen molar-refractivity contribution < 1.29 is 24.2 Å². The first-order chi connectivity index (χ1) is 14.1. The Morgan fingerprint density at radius 1 is 0.931 bits per heavy atom. The van der Waals surface area contributed by atoms with Crippen LogP contribution in [0.15, 0.2) is 78.9 Å². The fraction of sp³-hybridized carbons (Fsp3) is 0.130. The minimum Gasteiger partial charge on any atom is -0.508 e. The Hall–Kier alpha value is -3.80. The summed E-state index contributed by atoms with van der Waals surface area (Å²) in [5, 5.41) is 12.5. The van der Waals surface area contributed by atoms with E-state index in [4.69, 9.17) is 9.47 Å². The number of benzene rings is 3. The van der Waals surface area contributed by atoms with Crippen molar-refractivity contribution in [2.24, 2.45) is 0 Å². The predicted octanol–water partition coefficient (Wildman–Crippen LogP) is 3.81. The summed E-state index contributed by atoms with van der Waals surface area (Å²) >= 11 is 0. The molecular weight excluding hydrogens is 370 g/mol. The minimum absolute atomic E-state index is 0.148. The SMILES string of the molecule is COC(=O)C(Cc1ccc(O)cc1)Nc1ccccc1OC(=O)c1ccccc1. The third kappa shape index (κ3) is 5.35. The van der Waals surface area contributed by atoms with E-state index in [1.165, 1.54) is 7.11 Å². The topological polar surface area (TPSA) is 84.9 Å². The lowest BCUT2D eigenvalue weighted by molar-refractivity contribution is -0.141. The highest BCUT2D eigenvalue weighted by atomic mass is 16.5. The molecule has 0 aliphatic rings. The van der Waals surface area contributed by atoms with Crippen molar-refractivity contribution >= 4 is 17.6 Å². The van der Waals surface area contributed by atoms with Gasteiger partial charge in [-0.2, -0.15) is 0 Å². The number of phenols is 1. The third-order valence-electron chi connectivity index (χ3n) is 4.29. The molecule has 0 spiro atoms. The summed E-state index contributed by atoms with van der Waals surface area (Å²) in [5.41, 5.74) is 1.76. The van der Waals surface area contributed by atoms with E-state index in [0.717, 1.165) is 5.56 Å². The van der Waals surface area contributed by atoms with Gasteiger partial charge in [-0.05, 0) is 42.0 Å². The molecule has 6 nitrogen and oxygen atoms in total. The Bertz CT molecular complexity index is 970. The van der Waals surface area contributed by atoms with E-state index in [-0.39, 0.29) is 5.75 Å².